The van der Waals surface area contributed by atoms with Crippen molar-refractivity contribution in [2.24, 2.45) is 5.92 Å². The molecule has 5 nitrogen and oxygen atoms in total. The number of piperidine rings is 1. The molecule has 1 fully saturated rings. The Kier molecular flexibility index (Phi) is 6.83. The van der Waals surface area contributed by atoms with Crippen molar-refractivity contribution in [3.8, 4) is 5.75 Å². The number of methoxy groups -OCH3 is 1. The van der Waals surface area contributed by atoms with Gasteiger partial charge in [0.15, 0.2) is 0 Å². The molecule has 1 aliphatic carbocycles. The number of halogens is 1. The van der Waals surface area contributed by atoms with Gasteiger partial charge in [0.1, 0.15) is 11.4 Å². The minimum atomic E-state index is 0. The van der Waals surface area contributed by atoms with E-state index in [1.54, 1.807) is 7.11 Å². The van der Waals surface area contributed by atoms with Crippen molar-refractivity contribution in [1.29, 1.82) is 0 Å². The predicted octanol–water partition coefficient (Wildman–Crippen LogP) is 3.88. The van der Waals surface area contributed by atoms with Gasteiger partial charge in [0.2, 0.25) is 0 Å². The summed E-state index contributed by atoms with van der Waals surface area (Å²) in [6, 6.07) is 8.58. The zero-order chi connectivity index (χ0) is 20.6. The summed E-state index contributed by atoms with van der Waals surface area (Å²) in [5, 5.41) is 3.61. The molecular formula is C24H34ClN3O2. The average molecular weight is 432 g/mol. The summed E-state index contributed by atoms with van der Waals surface area (Å²) in [5.74, 6) is 1.56. The quantitative estimate of drug-likeness (QED) is 0.755. The van der Waals surface area contributed by atoms with Gasteiger partial charge in [0.05, 0.1) is 7.11 Å². The first-order chi connectivity index (χ1) is 14.0. The van der Waals surface area contributed by atoms with E-state index in [9.17, 15) is 4.79 Å². The lowest BCUT2D eigenvalue weighted by Gasteiger charge is -2.48. The molecule has 2 atom stereocenters. The van der Waals surface area contributed by atoms with Crippen molar-refractivity contribution in [1.82, 2.24) is 15.2 Å². The molecular weight excluding hydrogens is 398 g/mol. The number of amides is 1. The largest absolute Gasteiger partial charge is 0.497 e. The van der Waals surface area contributed by atoms with Crippen LogP contribution in [0.2, 0.25) is 0 Å². The van der Waals surface area contributed by atoms with E-state index >= 15 is 0 Å². The Morgan fingerprint density at radius 3 is 2.77 bits per heavy atom. The Balaban J connectivity index is 0.00000256. The molecule has 0 spiro atoms. The molecule has 2 aromatic rings. The number of hydrogen-bond acceptors (Lipinski definition) is 3. The Morgan fingerprint density at radius 1 is 1.30 bits per heavy atom. The second-order valence-corrected chi connectivity index (χ2v) is 8.48. The van der Waals surface area contributed by atoms with E-state index in [1.807, 2.05) is 24.8 Å². The van der Waals surface area contributed by atoms with Crippen molar-refractivity contribution in [2.45, 2.75) is 45.4 Å². The number of ether oxygens (including phenoxy) is 1. The van der Waals surface area contributed by atoms with E-state index in [0.717, 1.165) is 62.4 Å². The minimum absolute atomic E-state index is 0. The zero-order valence-corrected chi connectivity index (χ0v) is 19.3. The van der Waals surface area contributed by atoms with Gasteiger partial charge in [-0.1, -0.05) is 12.1 Å². The Morgan fingerprint density at radius 2 is 2.07 bits per heavy atom. The number of rotatable bonds is 5. The normalized spacial score (nSPS) is 22.5. The van der Waals surface area contributed by atoms with E-state index in [0.29, 0.717) is 5.92 Å². The lowest BCUT2D eigenvalue weighted by Crippen LogP contribution is -2.52. The summed E-state index contributed by atoms with van der Waals surface area (Å²) in [7, 11) is 1.73. The lowest BCUT2D eigenvalue weighted by atomic mass is 9.59. The van der Waals surface area contributed by atoms with Crippen LogP contribution in [-0.2, 0) is 18.3 Å². The molecule has 0 radical (unpaired) electrons. The molecule has 6 heteroatoms. The molecule has 4 rings (SSSR count). The second kappa shape index (κ2) is 9.03. The van der Waals surface area contributed by atoms with Crippen LogP contribution in [0.15, 0.2) is 24.3 Å². The Labute approximate surface area is 186 Å². The first-order valence-corrected chi connectivity index (χ1v) is 10.9. The highest BCUT2D eigenvalue weighted by atomic mass is 35.5. The fourth-order valence-corrected chi connectivity index (χ4v) is 5.47. The van der Waals surface area contributed by atoms with Crippen molar-refractivity contribution in [2.75, 3.05) is 33.3 Å². The van der Waals surface area contributed by atoms with Crippen LogP contribution in [0, 0.1) is 12.8 Å². The summed E-state index contributed by atoms with van der Waals surface area (Å²) in [4.78, 5) is 18.5. The summed E-state index contributed by atoms with van der Waals surface area (Å²) in [5.41, 5.74) is 5.97. The highest BCUT2D eigenvalue weighted by molar-refractivity contribution is 5.94. The second-order valence-electron chi connectivity index (χ2n) is 8.48. The molecule has 2 N–H and O–H groups in total. The van der Waals surface area contributed by atoms with Crippen LogP contribution in [0.5, 0.6) is 5.75 Å². The van der Waals surface area contributed by atoms with Gasteiger partial charge < -0.3 is 19.9 Å². The Hall–Kier alpha value is -1.98. The summed E-state index contributed by atoms with van der Waals surface area (Å²) in [6.45, 7) is 9.70. The zero-order valence-electron chi connectivity index (χ0n) is 18.5. The molecule has 0 bridgehead atoms. The number of fused-ring (bicyclic) bond motifs is 2. The number of nitrogens with zero attached hydrogens (tertiary/aromatic N) is 1. The van der Waals surface area contributed by atoms with E-state index in [-0.39, 0.29) is 23.7 Å². The molecule has 30 heavy (non-hydrogen) atoms. The summed E-state index contributed by atoms with van der Waals surface area (Å²) >= 11 is 0. The number of carbonyl (C=O) groups excluding carboxylic acids is 1. The first-order valence-electron chi connectivity index (χ1n) is 10.9. The third-order valence-corrected chi connectivity index (χ3v) is 7.24. The number of aromatic amines is 1. The van der Waals surface area contributed by atoms with Gasteiger partial charge in [0.25, 0.3) is 5.91 Å². The molecule has 1 aliphatic heterocycles. The smallest absolute Gasteiger partial charge is 0.270 e. The van der Waals surface area contributed by atoms with Gasteiger partial charge in [-0.25, -0.2) is 0 Å². The maximum Gasteiger partial charge on any atom is 0.270 e. The van der Waals surface area contributed by atoms with Crippen molar-refractivity contribution in [3.05, 3.63) is 52.3 Å². The fraction of sp³-hybridized carbons (Fsp3) is 0.542. The standard InChI is InChI=1S/C24H33N3O2.ClH/c1-5-27(6-2)23(28)22-16(3)20-13-18-15-25-11-10-24(18,14-21(20)26-22)17-8-7-9-19(12-17)29-4;/h7-9,12,18,25-26H,5-6,10-11,13-15H2,1-4H3;1H/t18-,24+;/m0./s1. The van der Waals surface area contributed by atoms with Gasteiger partial charge in [0, 0.05) is 24.2 Å². The van der Waals surface area contributed by atoms with Gasteiger partial charge in [-0.05, 0) is 87.9 Å². The van der Waals surface area contributed by atoms with E-state index in [1.165, 1.54) is 16.8 Å². The van der Waals surface area contributed by atoms with Gasteiger partial charge in [-0.2, -0.15) is 0 Å². The van der Waals surface area contributed by atoms with Crippen LogP contribution in [-0.4, -0.2) is 49.1 Å². The van der Waals surface area contributed by atoms with Crippen molar-refractivity contribution >= 4 is 18.3 Å². The molecule has 0 saturated carbocycles. The van der Waals surface area contributed by atoms with E-state index in [2.05, 4.69) is 35.4 Å². The molecule has 1 aromatic carbocycles. The molecule has 164 valence electrons. The number of H-pyrrole nitrogens is 1. The van der Waals surface area contributed by atoms with E-state index < -0.39 is 0 Å². The highest BCUT2D eigenvalue weighted by Gasteiger charge is 2.47. The monoisotopic (exact) mass is 431 g/mol. The van der Waals surface area contributed by atoms with Crippen LogP contribution < -0.4 is 10.1 Å². The van der Waals surface area contributed by atoms with Crippen molar-refractivity contribution in [3.63, 3.8) is 0 Å². The molecule has 1 aromatic heterocycles. The summed E-state index contributed by atoms with van der Waals surface area (Å²) < 4.78 is 5.52. The highest BCUT2D eigenvalue weighted by Crippen LogP contribution is 2.47. The van der Waals surface area contributed by atoms with Crippen LogP contribution in [0.1, 0.15) is 53.1 Å². The predicted molar refractivity (Wildman–Crippen MR) is 123 cm³/mol. The lowest BCUT2D eigenvalue weighted by molar-refractivity contribution is 0.0767. The van der Waals surface area contributed by atoms with Crippen molar-refractivity contribution < 1.29 is 9.53 Å². The number of nitrogens with one attached hydrogen (secondary N) is 2. The topological polar surface area (TPSA) is 57.4 Å². The van der Waals surface area contributed by atoms with Crippen LogP contribution >= 0.6 is 12.4 Å². The van der Waals surface area contributed by atoms with Crippen LogP contribution in [0.25, 0.3) is 0 Å². The number of hydrogen-bond donors (Lipinski definition) is 2. The number of aromatic nitrogens is 1. The SMILES string of the molecule is CCN(CC)C(=O)c1[nH]c2c(c1C)C[C@H]1CNCC[C@]1(c1cccc(OC)c1)C2.Cl. The maximum atomic E-state index is 13.1. The molecule has 0 unspecified atom stereocenters. The molecule has 2 heterocycles. The third-order valence-electron chi connectivity index (χ3n) is 7.24. The van der Waals surface area contributed by atoms with Crippen LogP contribution in [0.4, 0.5) is 0 Å². The van der Waals surface area contributed by atoms with Crippen LogP contribution in [0.3, 0.4) is 0 Å². The molecule has 2 aliphatic rings. The molecule has 1 amide bonds. The van der Waals surface area contributed by atoms with Gasteiger partial charge in [-0.15, -0.1) is 12.4 Å². The molecule has 1 saturated heterocycles. The first kappa shape index (κ1) is 22.7. The maximum absolute atomic E-state index is 13.1. The Bertz CT molecular complexity index is 906. The summed E-state index contributed by atoms with van der Waals surface area (Å²) in [6.07, 6.45) is 3.06. The number of carbonyl (C=O) groups is 1. The minimum Gasteiger partial charge on any atom is -0.497 e. The van der Waals surface area contributed by atoms with E-state index in [4.69, 9.17) is 4.74 Å². The third kappa shape index (κ3) is 3.63. The fourth-order valence-electron chi connectivity index (χ4n) is 5.47. The average Bonchev–Trinajstić information content (AvgIpc) is 3.08. The van der Waals surface area contributed by atoms with Gasteiger partial charge in [-0.3, -0.25) is 4.79 Å². The number of benzene rings is 1. The van der Waals surface area contributed by atoms with Gasteiger partial charge >= 0.3 is 0 Å².